The Kier molecular flexibility index (Phi) is 9.43. The zero-order chi connectivity index (χ0) is 13.1. The van der Waals surface area contributed by atoms with E-state index in [-0.39, 0.29) is 18.7 Å². The average Bonchev–Trinajstić information content (AvgIpc) is 2.22. The van der Waals surface area contributed by atoms with E-state index in [2.05, 4.69) is 19.2 Å². The molecule has 1 amide bonds. The largest absolute Gasteiger partial charge is 0.481 e. The van der Waals surface area contributed by atoms with Gasteiger partial charge in [-0.15, -0.1) is 0 Å². The molecule has 5 nitrogen and oxygen atoms in total. The molecule has 17 heavy (non-hydrogen) atoms. The lowest BCUT2D eigenvalue weighted by atomic mass is 10.2. The number of aliphatic carboxylic acids is 1. The van der Waals surface area contributed by atoms with Gasteiger partial charge in [0.1, 0.15) is 0 Å². The van der Waals surface area contributed by atoms with Gasteiger partial charge in [0.25, 0.3) is 0 Å². The molecule has 0 bridgehead atoms. The highest BCUT2D eigenvalue weighted by atomic mass is 16.5. The highest BCUT2D eigenvalue weighted by Crippen LogP contribution is 1.95. The maximum absolute atomic E-state index is 11.2. The summed E-state index contributed by atoms with van der Waals surface area (Å²) in [5.41, 5.74) is 0. The maximum Gasteiger partial charge on any atom is 0.303 e. The summed E-state index contributed by atoms with van der Waals surface area (Å²) in [5, 5.41) is 11.1. The Balaban J connectivity index is 3.25. The molecule has 0 saturated carbocycles. The lowest BCUT2D eigenvalue weighted by molar-refractivity contribution is -0.137. The molecule has 5 heteroatoms. The molecule has 0 unspecified atom stereocenters. The van der Waals surface area contributed by atoms with Crippen LogP contribution in [0.3, 0.4) is 0 Å². The van der Waals surface area contributed by atoms with Gasteiger partial charge in [-0.3, -0.25) is 9.59 Å². The van der Waals surface area contributed by atoms with Crippen LogP contribution in [0.2, 0.25) is 0 Å². The molecule has 0 radical (unpaired) electrons. The van der Waals surface area contributed by atoms with Gasteiger partial charge in [-0.2, -0.15) is 0 Å². The highest BCUT2D eigenvalue weighted by molar-refractivity contribution is 5.76. The van der Waals surface area contributed by atoms with E-state index in [1.165, 1.54) is 0 Å². The van der Waals surface area contributed by atoms with Gasteiger partial charge >= 0.3 is 5.97 Å². The fourth-order valence-corrected chi connectivity index (χ4v) is 1.21. The summed E-state index contributed by atoms with van der Waals surface area (Å²) in [6.45, 7) is 6.15. The molecule has 0 rings (SSSR count). The Bertz CT molecular complexity index is 229. The van der Waals surface area contributed by atoms with Crippen LogP contribution >= 0.6 is 0 Å². The predicted molar refractivity (Wildman–Crippen MR) is 64.8 cm³/mol. The molecule has 0 aromatic carbocycles. The minimum Gasteiger partial charge on any atom is -0.481 e. The topological polar surface area (TPSA) is 75.6 Å². The molecule has 0 aliphatic rings. The van der Waals surface area contributed by atoms with Gasteiger partial charge in [0.15, 0.2) is 0 Å². The van der Waals surface area contributed by atoms with E-state index in [9.17, 15) is 9.59 Å². The zero-order valence-corrected chi connectivity index (χ0v) is 10.7. The van der Waals surface area contributed by atoms with Crippen molar-refractivity contribution in [1.29, 1.82) is 0 Å². The van der Waals surface area contributed by atoms with Crippen molar-refractivity contribution in [1.82, 2.24) is 5.32 Å². The molecule has 0 aliphatic carbocycles. The Hall–Kier alpha value is -1.10. The monoisotopic (exact) mass is 245 g/mol. The van der Waals surface area contributed by atoms with E-state index in [1.807, 2.05) is 0 Å². The van der Waals surface area contributed by atoms with E-state index < -0.39 is 5.97 Å². The number of rotatable bonds is 10. The minimum atomic E-state index is -0.861. The van der Waals surface area contributed by atoms with Crippen molar-refractivity contribution < 1.29 is 19.4 Å². The summed E-state index contributed by atoms with van der Waals surface area (Å²) in [7, 11) is 0. The number of carboxylic acids is 1. The van der Waals surface area contributed by atoms with E-state index >= 15 is 0 Å². The first-order chi connectivity index (χ1) is 8.02. The fourth-order valence-electron chi connectivity index (χ4n) is 1.21. The van der Waals surface area contributed by atoms with E-state index in [0.717, 1.165) is 13.0 Å². The Morgan fingerprint density at radius 2 is 1.94 bits per heavy atom. The van der Waals surface area contributed by atoms with Crippen molar-refractivity contribution in [3.63, 3.8) is 0 Å². The first-order valence-electron chi connectivity index (χ1n) is 6.08. The van der Waals surface area contributed by atoms with Crippen molar-refractivity contribution >= 4 is 11.9 Å². The Morgan fingerprint density at radius 3 is 2.53 bits per heavy atom. The number of amides is 1. The van der Waals surface area contributed by atoms with Gasteiger partial charge < -0.3 is 15.2 Å². The number of carbonyl (C=O) groups excluding carboxylic acids is 1. The molecular formula is C12H23NO4. The van der Waals surface area contributed by atoms with Gasteiger partial charge in [-0.05, 0) is 18.8 Å². The molecule has 0 aliphatic heterocycles. The summed E-state index contributed by atoms with van der Waals surface area (Å²) < 4.78 is 5.36. The smallest absolute Gasteiger partial charge is 0.303 e. The fraction of sp³-hybridized carbons (Fsp3) is 0.833. The van der Waals surface area contributed by atoms with Gasteiger partial charge in [0.2, 0.25) is 5.91 Å². The van der Waals surface area contributed by atoms with Crippen LogP contribution in [0.4, 0.5) is 0 Å². The first kappa shape index (κ1) is 15.9. The van der Waals surface area contributed by atoms with E-state index in [1.54, 1.807) is 0 Å². The second-order valence-electron chi connectivity index (χ2n) is 4.42. The van der Waals surface area contributed by atoms with Crippen LogP contribution < -0.4 is 5.32 Å². The zero-order valence-electron chi connectivity index (χ0n) is 10.7. The quantitative estimate of drug-likeness (QED) is 0.571. The Morgan fingerprint density at radius 1 is 1.24 bits per heavy atom. The maximum atomic E-state index is 11.2. The van der Waals surface area contributed by atoms with Gasteiger partial charge in [0.05, 0.1) is 0 Å². The molecule has 0 saturated heterocycles. The molecule has 100 valence electrons. The van der Waals surface area contributed by atoms with Crippen LogP contribution in [0.15, 0.2) is 0 Å². The van der Waals surface area contributed by atoms with Gasteiger partial charge in [0, 0.05) is 32.6 Å². The normalized spacial score (nSPS) is 10.5. The van der Waals surface area contributed by atoms with Crippen molar-refractivity contribution in [3.05, 3.63) is 0 Å². The van der Waals surface area contributed by atoms with Crippen LogP contribution in [-0.4, -0.2) is 36.7 Å². The summed E-state index contributed by atoms with van der Waals surface area (Å²) >= 11 is 0. The van der Waals surface area contributed by atoms with Crippen LogP contribution in [0.1, 0.15) is 39.5 Å². The molecule has 0 atom stereocenters. The number of nitrogens with one attached hydrogen (secondary N) is 1. The number of hydrogen-bond acceptors (Lipinski definition) is 3. The highest BCUT2D eigenvalue weighted by Gasteiger charge is 2.03. The van der Waals surface area contributed by atoms with E-state index in [4.69, 9.17) is 9.84 Å². The molecule has 0 aromatic heterocycles. The number of ether oxygens (including phenoxy) is 1. The SMILES string of the molecule is CC(C)COCCCNC(=O)CCCC(=O)O. The van der Waals surface area contributed by atoms with Gasteiger partial charge in [-0.25, -0.2) is 0 Å². The number of carbonyl (C=O) groups is 2. The number of hydrogen-bond donors (Lipinski definition) is 2. The summed E-state index contributed by atoms with van der Waals surface area (Å²) in [5.74, 6) is -0.421. The third-order valence-electron chi connectivity index (χ3n) is 2.03. The summed E-state index contributed by atoms with van der Waals surface area (Å²) in [6.07, 6.45) is 1.51. The molecule has 0 heterocycles. The summed E-state index contributed by atoms with van der Waals surface area (Å²) in [4.78, 5) is 21.4. The summed E-state index contributed by atoms with van der Waals surface area (Å²) in [6, 6.07) is 0. The third-order valence-corrected chi connectivity index (χ3v) is 2.03. The third kappa shape index (κ3) is 12.8. The van der Waals surface area contributed by atoms with Crippen LogP contribution in [0, 0.1) is 5.92 Å². The molecule has 0 spiro atoms. The molecular weight excluding hydrogens is 222 g/mol. The molecule has 0 aromatic rings. The number of carboxylic acid groups (broad SMARTS) is 1. The first-order valence-corrected chi connectivity index (χ1v) is 6.08. The predicted octanol–water partition coefficient (Wildman–Crippen LogP) is 1.42. The van der Waals surface area contributed by atoms with Crippen molar-refractivity contribution in [2.24, 2.45) is 5.92 Å². The standard InChI is InChI=1S/C12H23NO4/c1-10(2)9-17-8-4-7-13-11(14)5-3-6-12(15)16/h10H,3-9H2,1-2H3,(H,13,14)(H,15,16). The van der Waals surface area contributed by atoms with Crippen LogP contribution in [-0.2, 0) is 14.3 Å². The second kappa shape index (κ2) is 10.1. The second-order valence-corrected chi connectivity index (χ2v) is 4.42. The lowest BCUT2D eigenvalue weighted by Crippen LogP contribution is -2.25. The van der Waals surface area contributed by atoms with E-state index in [0.29, 0.717) is 25.5 Å². The molecule has 2 N–H and O–H groups in total. The van der Waals surface area contributed by atoms with Crippen LogP contribution in [0.5, 0.6) is 0 Å². The Labute approximate surface area is 103 Å². The minimum absolute atomic E-state index is 0.0465. The average molecular weight is 245 g/mol. The lowest BCUT2D eigenvalue weighted by Gasteiger charge is -2.07. The van der Waals surface area contributed by atoms with Crippen LogP contribution in [0.25, 0.3) is 0 Å². The van der Waals surface area contributed by atoms with Crippen molar-refractivity contribution in [3.8, 4) is 0 Å². The molecule has 0 fully saturated rings. The van der Waals surface area contributed by atoms with Crippen molar-refractivity contribution in [2.75, 3.05) is 19.8 Å². The van der Waals surface area contributed by atoms with Gasteiger partial charge in [-0.1, -0.05) is 13.8 Å². The van der Waals surface area contributed by atoms with Crippen molar-refractivity contribution in [2.45, 2.75) is 39.5 Å².